The average molecular weight is 546 g/mol. The van der Waals surface area contributed by atoms with Gasteiger partial charge in [0, 0.05) is 23.0 Å². The van der Waals surface area contributed by atoms with Gasteiger partial charge in [-0.2, -0.15) is 0 Å². The zero-order valence-electron chi connectivity index (χ0n) is 22.6. The molecule has 4 aromatic carbocycles. The van der Waals surface area contributed by atoms with Gasteiger partial charge in [0.25, 0.3) is 0 Å². The van der Waals surface area contributed by atoms with E-state index in [2.05, 4.69) is 58.1 Å². The molecular weight excluding hydrogens is 514 g/mol. The maximum absolute atomic E-state index is 13.7. The fourth-order valence-electron chi connectivity index (χ4n) is 5.64. The van der Waals surface area contributed by atoms with Crippen LogP contribution in [0.5, 0.6) is 5.75 Å². The number of aromatic amines is 1. The molecule has 0 fully saturated rings. The highest BCUT2D eigenvalue weighted by molar-refractivity contribution is 5.91. The second-order valence-electron chi connectivity index (χ2n) is 10.4. The van der Waals surface area contributed by atoms with Gasteiger partial charge in [0.1, 0.15) is 11.8 Å². The Kier molecular flexibility index (Phi) is 7.27. The van der Waals surface area contributed by atoms with Crippen LogP contribution in [-0.2, 0) is 27.2 Å². The van der Waals surface area contributed by atoms with E-state index in [-0.39, 0.29) is 24.1 Å². The zero-order valence-corrected chi connectivity index (χ0v) is 22.6. The lowest BCUT2D eigenvalue weighted by molar-refractivity contribution is -0.145. The van der Waals surface area contributed by atoms with E-state index in [4.69, 9.17) is 4.74 Å². The normalized spacial score (nSPS) is 17.0. The molecule has 7 nitrogen and oxygen atoms in total. The molecule has 0 bridgehead atoms. The Morgan fingerprint density at radius 2 is 1.59 bits per heavy atom. The van der Waals surface area contributed by atoms with E-state index >= 15 is 0 Å². The lowest BCUT2D eigenvalue weighted by Crippen LogP contribution is -2.54. The van der Waals surface area contributed by atoms with Gasteiger partial charge in [-0.15, -0.1) is 0 Å². The van der Waals surface area contributed by atoms with Crippen LogP contribution in [0.3, 0.4) is 0 Å². The molecule has 4 N–H and O–H groups in total. The molecule has 7 heteroatoms. The number of fused-ring (bicyclic) bond motifs is 3. The van der Waals surface area contributed by atoms with Crippen molar-refractivity contribution in [1.82, 2.24) is 15.6 Å². The van der Waals surface area contributed by atoms with Gasteiger partial charge >= 0.3 is 5.97 Å². The number of esters is 1. The topological polar surface area (TPSA) is 103 Å². The van der Waals surface area contributed by atoms with Crippen LogP contribution in [0.25, 0.3) is 22.0 Å². The standard InChI is InChI=1S/C34H31N3O4/c1-41-34(40)30(19-21-11-17-25(38)18-12-21)37-33(39)29-20-27-26-9-5-6-10-28(26)35-32(27)31(36-29)24-15-13-23(14-16-24)22-7-3-2-4-8-22/h2-18,29-31,35-36,38H,19-20H2,1H3,(H,37,39)/t29?,30-,31+/m1/s1. The maximum atomic E-state index is 13.7. The van der Waals surface area contributed by atoms with Crippen molar-refractivity contribution in [3.63, 3.8) is 0 Å². The van der Waals surface area contributed by atoms with Gasteiger partial charge in [0.15, 0.2) is 0 Å². The molecule has 6 rings (SSSR count). The third-order valence-corrected chi connectivity index (χ3v) is 7.76. The maximum Gasteiger partial charge on any atom is 0.328 e. The number of para-hydroxylation sites is 1. The third-order valence-electron chi connectivity index (χ3n) is 7.76. The second kappa shape index (κ2) is 11.3. The van der Waals surface area contributed by atoms with Gasteiger partial charge in [-0.05, 0) is 52.4 Å². The fourth-order valence-corrected chi connectivity index (χ4v) is 5.64. The number of carbonyl (C=O) groups excluding carboxylic acids is 2. The van der Waals surface area contributed by atoms with Gasteiger partial charge in [-0.3, -0.25) is 10.1 Å². The van der Waals surface area contributed by atoms with Crippen molar-refractivity contribution < 1.29 is 19.4 Å². The predicted octanol–water partition coefficient (Wildman–Crippen LogP) is 5.04. The van der Waals surface area contributed by atoms with Gasteiger partial charge in [0.2, 0.25) is 5.91 Å². The summed E-state index contributed by atoms with van der Waals surface area (Å²) in [5.41, 5.74) is 7.23. The summed E-state index contributed by atoms with van der Waals surface area (Å²) in [4.78, 5) is 30.0. The molecule has 0 aliphatic carbocycles. The van der Waals surface area contributed by atoms with Crippen LogP contribution in [0, 0.1) is 0 Å². The van der Waals surface area contributed by atoms with E-state index in [1.54, 1.807) is 24.3 Å². The van der Waals surface area contributed by atoms with Gasteiger partial charge < -0.3 is 20.1 Å². The number of hydrogen-bond acceptors (Lipinski definition) is 5. The van der Waals surface area contributed by atoms with Gasteiger partial charge in [0.05, 0.1) is 19.2 Å². The van der Waals surface area contributed by atoms with Crippen LogP contribution in [0.15, 0.2) is 103 Å². The number of ether oxygens (including phenoxy) is 1. The Morgan fingerprint density at radius 1 is 0.902 bits per heavy atom. The summed E-state index contributed by atoms with van der Waals surface area (Å²) in [6.45, 7) is 0. The minimum atomic E-state index is -0.869. The Balaban J connectivity index is 1.30. The molecule has 3 atom stereocenters. The molecule has 1 amide bonds. The molecule has 1 aliphatic heterocycles. The van der Waals surface area contributed by atoms with Crippen molar-refractivity contribution in [3.05, 3.63) is 126 Å². The molecule has 0 spiro atoms. The Labute approximate surface area is 238 Å². The average Bonchev–Trinajstić information content (AvgIpc) is 3.40. The summed E-state index contributed by atoms with van der Waals surface area (Å²) < 4.78 is 5.01. The molecule has 5 aromatic rings. The quantitative estimate of drug-likeness (QED) is 0.215. The number of benzene rings is 4. The number of nitrogens with one attached hydrogen (secondary N) is 3. The van der Waals surface area contributed by atoms with E-state index < -0.39 is 18.1 Å². The Hall–Kier alpha value is -4.88. The number of rotatable bonds is 7. The number of carbonyl (C=O) groups is 2. The van der Waals surface area contributed by atoms with E-state index in [1.807, 2.05) is 36.4 Å². The van der Waals surface area contributed by atoms with E-state index in [0.717, 1.165) is 44.4 Å². The minimum absolute atomic E-state index is 0.135. The Bertz CT molecular complexity index is 1680. The predicted molar refractivity (Wildman–Crippen MR) is 158 cm³/mol. The molecule has 0 saturated carbocycles. The number of aromatic hydroxyl groups is 1. The summed E-state index contributed by atoms with van der Waals surface area (Å²) in [5, 5.41) is 17.2. The molecule has 1 aliphatic rings. The molecule has 0 radical (unpaired) electrons. The first kappa shape index (κ1) is 26.3. The summed E-state index contributed by atoms with van der Waals surface area (Å²) in [6.07, 6.45) is 0.713. The minimum Gasteiger partial charge on any atom is -0.508 e. The molecular formula is C34H31N3O4. The van der Waals surface area contributed by atoms with Gasteiger partial charge in [-0.1, -0.05) is 84.9 Å². The van der Waals surface area contributed by atoms with Crippen molar-refractivity contribution in [2.24, 2.45) is 0 Å². The zero-order chi connectivity index (χ0) is 28.3. The fraction of sp³-hybridized carbons (Fsp3) is 0.176. The largest absolute Gasteiger partial charge is 0.508 e. The SMILES string of the molecule is COC(=O)[C@@H](Cc1ccc(O)cc1)NC(=O)C1Cc2c([nH]c3ccccc23)[C@H](c2ccc(-c3ccccc3)cc2)N1. The molecule has 2 heterocycles. The number of phenolic OH excluding ortho intramolecular Hbond substituents is 1. The van der Waals surface area contributed by atoms with Crippen LogP contribution >= 0.6 is 0 Å². The number of H-pyrrole nitrogens is 1. The smallest absolute Gasteiger partial charge is 0.328 e. The Morgan fingerprint density at radius 3 is 2.32 bits per heavy atom. The monoisotopic (exact) mass is 545 g/mol. The molecule has 1 unspecified atom stereocenters. The van der Waals surface area contributed by atoms with E-state index in [9.17, 15) is 14.7 Å². The third kappa shape index (κ3) is 5.44. The van der Waals surface area contributed by atoms with E-state index in [0.29, 0.717) is 6.42 Å². The number of phenols is 1. The van der Waals surface area contributed by atoms with Crippen LogP contribution in [0.1, 0.15) is 28.4 Å². The summed E-state index contributed by atoms with van der Waals surface area (Å²) in [7, 11) is 1.31. The summed E-state index contributed by atoms with van der Waals surface area (Å²) >= 11 is 0. The highest BCUT2D eigenvalue weighted by Gasteiger charge is 2.35. The first-order valence-electron chi connectivity index (χ1n) is 13.7. The van der Waals surface area contributed by atoms with Crippen molar-refractivity contribution in [2.75, 3.05) is 7.11 Å². The number of aromatic nitrogens is 1. The van der Waals surface area contributed by atoms with Crippen LogP contribution in [-0.4, -0.2) is 41.2 Å². The van der Waals surface area contributed by atoms with Gasteiger partial charge in [-0.25, -0.2) is 4.79 Å². The number of hydrogen-bond donors (Lipinski definition) is 4. The summed E-state index contributed by atoms with van der Waals surface area (Å²) in [6, 6.07) is 31.6. The van der Waals surface area contributed by atoms with E-state index in [1.165, 1.54) is 7.11 Å². The molecule has 0 saturated heterocycles. The highest BCUT2D eigenvalue weighted by atomic mass is 16.5. The summed E-state index contributed by atoms with van der Waals surface area (Å²) in [5.74, 6) is -0.666. The lowest BCUT2D eigenvalue weighted by atomic mass is 9.89. The van der Waals surface area contributed by atoms with Crippen molar-refractivity contribution in [2.45, 2.75) is 31.0 Å². The number of methoxy groups -OCH3 is 1. The van der Waals surface area contributed by atoms with Crippen LogP contribution in [0.4, 0.5) is 0 Å². The van der Waals surface area contributed by atoms with Crippen molar-refractivity contribution >= 4 is 22.8 Å². The lowest BCUT2D eigenvalue weighted by Gasteiger charge is -2.32. The molecule has 206 valence electrons. The molecule has 41 heavy (non-hydrogen) atoms. The second-order valence-corrected chi connectivity index (χ2v) is 10.4. The van der Waals surface area contributed by atoms with Crippen LogP contribution in [0.2, 0.25) is 0 Å². The first-order valence-corrected chi connectivity index (χ1v) is 13.7. The highest BCUT2D eigenvalue weighted by Crippen LogP contribution is 2.36. The first-order chi connectivity index (χ1) is 20.0. The van der Waals surface area contributed by atoms with Crippen molar-refractivity contribution in [1.29, 1.82) is 0 Å². The van der Waals surface area contributed by atoms with Crippen molar-refractivity contribution in [3.8, 4) is 16.9 Å². The molecule has 1 aromatic heterocycles. The van der Waals surface area contributed by atoms with Crippen LogP contribution < -0.4 is 10.6 Å². The number of amides is 1.